The summed E-state index contributed by atoms with van der Waals surface area (Å²) in [5, 5.41) is 0. The van der Waals surface area contributed by atoms with Crippen LogP contribution in [0.25, 0.3) is 0 Å². The van der Waals surface area contributed by atoms with Crippen molar-refractivity contribution in [2.75, 3.05) is 19.6 Å². The number of aryl methyl sites for hydroxylation is 1. The van der Waals surface area contributed by atoms with E-state index < -0.39 is 31.4 Å². The van der Waals surface area contributed by atoms with Gasteiger partial charge in [0.1, 0.15) is 6.23 Å². The van der Waals surface area contributed by atoms with Crippen molar-refractivity contribution in [3.05, 3.63) is 32.6 Å². The number of nitrogens with zero attached hydrogens (tertiary/aromatic N) is 1. The van der Waals surface area contributed by atoms with Crippen molar-refractivity contribution in [2.24, 2.45) is 0 Å². The zero-order valence-corrected chi connectivity index (χ0v) is 17.3. The fourth-order valence-electron chi connectivity index (χ4n) is 2.39. The second kappa shape index (κ2) is 8.92. The van der Waals surface area contributed by atoms with Crippen LogP contribution in [0.3, 0.4) is 0 Å². The molecule has 1 N–H and O–H groups in total. The summed E-state index contributed by atoms with van der Waals surface area (Å²) in [6.45, 7) is 5.54. The highest BCUT2D eigenvalue weighted by atomic mass is 127. The molecule has 1 saturated heterocycles. The Bertz CT molecular complexity index is 739. The smallest absolute Gasteiger partial charge is 0.339 e. The van der Waals surface area contributed by atoms with Crippen molar-refractivity contribution >= 4 is 30.2 Å². The monoisotopic (exact) mass is 488 g/mol. The molecule has 0 amide bonds. The largest absolute Gasteiger partial charge is 0.356 e. The molecule has 0 aliphatic carbocycles. The van der Waals surface area contributed by atoms with Gasteiger partial charge in [-0.05, 0) is 20.8 Å². The molecule has 0 bridgehead atoms. The first-order chi connectivity index (χ1) is 11.8. The van der Waals surface area contributed by atoms with Crippen LogP contribution in [0.15, 0.2) is 15.8 Å². The number of hydrogen-bond donors (Lipinski definition) is 1. The Morgan fingerprint density at radius 2 is 2.00 bits per heavy atom. The summed E-state index contributed by atoms with van der Waals surface area (Å²) in [5.74, 6) is 0. The molecule has 0 saturated carbocycles. The van der Waals surface area contributed by atoms with E-state index >= 15 is 0 Å². The van der Waals surface area contributed by atoms with Gasteiger partial charge in [0.05, 0.1) is 17.1 Å². The van der Waals surface area contributed by atoms with E-state index in [1.165, 1.54) is 10.8 Å². The summed E-state index contributed by atoms with van der Waals surface area (Å²) >= 11 is 2.15. The predicted molar refractivity (Wildman–Crippen MR) is 99.2 cm³/mol. The maximum atomic E-state index is 12.4. The predicted octanol–water partition coefficient (Wildman–Crippen LogP) is 2.13. The molecule has 0 aromatic carbocycles. The van der Waals surface area contributed by atoms with Crippen molar-refractivity contribution in [1.29, 1.82) is 0 Å². The van der Waals surface area contributed by atoms with Gasteiger partial charge in [0.25, 0.3) is 5.56 Å². The molecular weight excluding hydrogens is 466 g/mol. The molecule has 0 unspecified atom stereocenters. The van der Waals surface area contributed by atoms with Crippen molar-refractivity contribution < 1.29 is 23.1 Å². The number of aromatic amines is 1. The van der Waals surface area contributed by atoms with Crippen LogP contribution in [0.5, 0.6) is 0 Å². The van der Waals surface area contributed by atoms with Gasteiger partial charge in [-0.3, -0.25) is 18.9 Å². The fraction of sp³-hybridized carbons (Fsp3) is 0.714. The number of aromatic nitrogens is 2. The Balaban J connectivity index is 2.06. The fourth-order valence-corrected chi connectivity index (χ4v) is 4.54. The van der Waals surface area contributed by atoms with Gasteiger partial charge in [0, 0.05) is 18.2 Å². The quantitative estimate of drug-likeness (QED) is 0.339. The summed E-state index contributed by atoms with van der Waals surface area (Å²) < 4.78 is 35.4. The molecular formula is C14H22IN2O7P. The third-order valence-electron chi connectivity index (χ3n) is 3.52. The SMILES string of the molecule is CCOP(=O)(CO[C@@H]1O[C@H](n2cc(C)c(=O)[nH]c2=O)C[C@H]1I)OCC. The van der Waals surface area contributed by atoms with Crippen molar-refractivity contribution in [1.82, 2.24) is 9.55 Å². The van der Waals surface area contributed by atoms with Crippen LogP contribution in [0.1, 0.15) is 32.1 Å². The van der Waals surface area contributed by atoms with Crippen LogP contribution in [-0.2, 0) is 23.1 Å². The molecule has 11 heteroatoms. The first kappa shape index (κ1) is 20.8. The molecule has 1 aliphatic heterocycles. The van der Waals surface area contributed by atoms with E-state index in [0.29, 0.717) is 12.0 Å². The lowest BCUT2D eigenvalue weighted by Gasteiger charge is -2.21. The molecule has 25 heavy (non-hydrogen) atoms. The topological polar surface area (TPSA) is 109 Å². The van der Waals surface area contributed by atoms with Gasteiger partial charge in [-0.1, -0.05) is 22.6 Å². The molecule has 0 radical (unpaired) electrons. The van der Waals surface area contributed by atoms with Gasteiger partial charge in [0.15, 0.2) is 12.6 Å². The highest BCUT2D eigenvalue weighted by Gasteiger charge is 2.38. The normalized spacial score (nSPS) is 23.9. The molecule has 2 rings (SSSR count). The molecule has 1 aromatic rings. The summed E-state index contributed by atoms with van der Waals surface area (Å²) in [5.41, 5.74) is -0.554. The van der Waals surface area contributed by atoms with E-state index in [-0.39, 0.29) is 23.5 Å². The van der Waals surface area contributed by atoms with Gasteiger partial charge in [-0.25, -0.2) is 4.79 Å². The third-order valence-corrected chi connectivity index (χ3v) is 6.38. The molecule has 142 valence electrons. The molecule has 3 atom stereocenters. The Hall–Kier alpha value is -0.520. The molecule has 0 spiro atoms. The molecule has 1 fully saturated rings. The number of H-pyrrole nitrogens is 1. The first-order valence-electron chi connectivity index (χ1n) is 7.91. The highest BCUT2D eigenvalue weighted by molar-refractivity contribution is 14.1. The van der Waals surface area contributed by atoms with E-state index in [0.717, 1.165) is 0 Å². The maximum absolute atomic E-state index is 12.4. The van der Waals surface area contributed by atoms with E-state index in [4.69, 9.17) is 18.5 Å². The maximum Gasteiger partial charge on any atom is 0.356 e. The average Bonchev–Trinajstić information content (AvgIpc) is 2.90. The minimum Gasteiger partial charge on any atom is -0.339 e. The molecule has 1 aromatic heterocycles. The summed E-state index contributed by atoms with van der Waals surface area (Å²) in [4.78, 5) is 25.7. The van der Waals surface area contributed by atoms with E-state index in [1.54, 1.807) is 20.8 Å². The van der Waals surface area contributed by atoms with Crippen LogP contribution < -0.4 is 11.2 Å². The summed E-state index contributed by atoms with van der Waals surface area (Å²) in [7, 11) is -3.34. The number of rotatable bonds is 8. The zero-order chi connectivity index (χ0) is 18.6. The molecule has 2 heterocycles. The lowest BCUT2D eigenvalue weighted by Crippen LogP contribution is -2.33. The van der Waals surface area contributed by atoms with E-state index in [9.17, 15) is 14.2 Å². The third kappa shape index (κ3) is 5.24. The van der Waals surface area contributed by atoms with Crippen LogP contribution in [0.4, 0.5) is 0 Å². The van der Waals surface area contributed by atoms with Crippen molar-refractivity contribution in [2.45, 2.75) is 43.6 Å². The Labute approximate surface area is 158 Å². The number of ether oxygens (including phenoxy) is 2. The van der Waals surface area contributed by atoms with Crippen LogP contribution in [-0.4, -0.2) is 39.3 Å². The van der Waals surface area contributed by atoms with Gasteiger partial charge in [-0.2, -0.15) is 0 Å². The van der Waals surface area contributed by atoms with E-state index in [1.807, 2.05) is 0 Å². The van der Waals surface area contributed by atoms with Crippen LogP contribution in [0.2, 0.25) is 0 Å². The van der Waals surface area contributed by atoms with Crippen LogP contribution in [0, 0.1) is 6.92 Å². The van der Waals surface area contributed by atoms with Gasteiger partial charge < -0.3 is 18.5 Å². The lowest BCUT2D eigenvalue weighted by molar-refractivity contribution is -0.139. The molecule has 9 nitrogen and oxygen atoms in total. The van der Waals surface area contributed by atoms with Crippen molar-refractivity contribution in [3.8, 4) is 0 Å². The van der Waals surface area contributed by atoms with Crippen molar-refractivity contribution in [3.63, 3.8) is 0 Å². The van der Waals surface area contributed by atoms with E-state index in [2.05, 4.69) is 27.6 Å². The van der Waals surface area contributed by atoms with Crippen LogP contribution >= 0.6 is 30.2 Å². The Kier molecular flexibility index (Phi) is 7.41. The summed E-state index contributed by atoms with van der Waals surface area (Å²) in [6, 6.07) is 0. The summed E-state index contributed by atoms with van der Waals surface area (Å²) in [6.07, 6.45) is 0.491. The number of nitrogens with one attached hydrogen (secondary N) is 1. The minimum absolute atomic E-state index is 0.0709. The Morgan fingerprint density at radius 3 is 2.60 bits per heavy atom. The van der Waals surface area contributed by atoms with Gasteiger partial charge in [0.2, 0.25) is 0 Å². The number of hydrogen-bond acceptors (Lipinski definition) is 7. The average molecular weight is 488 g/mol. The number of alkyl halides is 1. The minimum atomic E-state index is -3.34. The number of halogens is 1. The standard InChI is InChI=1S/C14H22IN2O7P/c1-4-22-25(20,23-5-2)8-21-13-10(15)6-11(24-13)17-7-9(3)12(18)16-14(17)19/h7,10-11,13H,4-6,8H2,1-3H3,(H,16,18,19)/t10-,11+,13-/m1/s1. The second-order valence-corrected chi connectivity index (χ2v) is 9.03. The first-order valence-corrected chi connectivity index (χ1v) is 10.9. The van der Waals surface area contributed by atoms with Gasteiger partial charge in [-0.15, -0.1) is 0 Å². The highest BCUT2D eigenvalue weighted by Crippen LogP contribution is 2.49. The van der Waals surface area contributed by atoms with Gasteiger partial charge >= 0.3 is 13.3 Å². The zero-order valence-electron chi connectivity index (χ0n) is 14.3. The lowest BCUT2D eigenvalue weighted by atomic mass is 10.3. The Morgan fingerprint density at radius 1 is 1.36 bits per heavy atom. The molecule has 1 aliphatic rings. The second-order valence-electron chi connectivity index (χ2n) is 5.43.